The number of carbonyl (C=O) groups excluding carboxylic acids is 1. The van der Waals surface area contributed by atoms with E-state index in [9.17, 15) is 17.6 Å². The Kier molecular flexibility index (Phi) is 5.17. The van der Waals surface area contributed by atoms with Gasteiger partial charge in [0.05, 0.1) is 18.1 Å². The molecule has 2 unspecified atom stereocenters. The Hall–Kier alpha value is -1.61. The quantitative estimate of drug-likeness (QED) is 0.752. The van der Waals surface area contributed by atoms with E-state index in [0.717, 1.165) is 18.8 Å². The van der Waals surface area contributed by atoms with Crippen LogP contribution in [0.25, 0.3) is 0 Å². The fourth-order valence-corrected chi connectivity index (χ4v) is 7.69. The van der Waals surface area contributed by atoms with Gasteiger partial charge in [0.1, 0.15) is 11.9 Å². The molecule has 0 saturated heterocycles. The van der Waals surface area contributed by atoms with Gasteiger partial charge in [0.15, 0.2) is 5.82 Å². The van der Waals surface area contributed by atoms with Crippen LogP contribution >= 0.6 is 0 Å². The van der Waals surface area contributed by atoms with Gasteiger partial charge in [0, 0.05) is 17.9 Å². The predicted molar refractivity (Wildman–Crippen MR) is 104 cm³/mol. The number of rotatable bonds is 6. The van der Waals surface area contributed by atoms with Crippen molar-refractivity contribution in [3.63, 3.8) is 0 Å². The monoisotopic (exact) mass is 425 g/mol. The van der Waals surface area contributed by atoms with Crippen LogP contribution in [-0.2, 0) is 14.8 Å². The van der Waals surface area contributed by atoms with E-state index in [0.29, 0.717) is 44.4 Å². The van der Waals surface area contributed by atoms with Gasteiger partial charge < -0.3 is 4.74 Å². The summed E-state index contributed by atoms with van der Waals surface area (Å²) >= 11 is 0. The molecule has 0 spiro atoms. The summed E-state index contributed by atoms with van der Waals surface area (Å²) in [5.41, 5.74) is -1.01. The highest BCUT2D eigenvalue weighted by molar-refractivity contribution is 7.89. The second-order valence-electron chi connectivity index (χ2n) is 9.32. The lowest BCUT2D eigenvalue weighted by atomic mass is 9.70. The summed E-state index contributed by atoms with van der Waals surface area (Å²) in [6.45, 7) is 4.09. The van der Waals surface area contributed by atoms with Crippen LogP contribution in [-0.4, -0.2) is 42.1 Å². The number of fused-ring (bicyclic) bond motifs is 2. The fourth-order valence-electron chi connectivity index (χ4n) is 5.54. The van der Waals surface area contributed by atoms with Crippen LogP contribution in [0, 0.1) is 22.6 Å². The maximum atomic E-state index is 12.9. The van der Waals surface area contributed by atoms with Gasteiger partial charge in [-0.2, -0.15) is 0 Å². The first kappa shape index (κ1) is 20.7. The molecule has 0 radical (unpaired) electrons. The number of hydrogen-bond acceptors (Lipinski definition) is 6. The average Bonchev–Trinajstić information content (AvgIpc) is 2.99. The highest BCUT2D eigenvalue weighted by atomic mass is 32.2. The second kappa shape index (κ2) is 7.27. The Morgan fingerprint density at radius 1 is 1.17 bits per heavy atom. The molecule has 0 aliphatic heterocycles. The maximum Gasteiger partial charge on any atom is 0.316 e. The molecule has 7 nitrogen and oxygen atoms in total. The normalized spacial score (nSPS) is 33.8. The van der Waals surface area contributed by atoms with Gasteiger partial charge in [-0.1, -0.05) is 13.8 Å². The van der Waals surface area contributed by atoms with Gasteiger partial charge in [-0.25, -0.2) is 27.5 Å². The number of nitrogens with zero attached hydrogens (tertiary/aromatic N) is 2. The molecule has 1 N–H and O–H groups in total. The molecule has 29 heavy (non-hydrogen) atoms. The lowest BCUT2D eigenvalue weighted by Gasteiger charge is -2.37. The molecule has 1 aromatic rings. The van der Waals surface area contributed by atoms with Crippen molar-refractivity contribution in [3.8, 4) is 6.01 Å². The van der Waals surface area contributed by atoms with Crippen LogP contribution in [0.2, 0.25) is 0 Å². The maximum absolute atomic E-state index is 12.9. The molecule has 160 valence electrons. The highest BCUT2D eigenvalue weighted by Gasteiger charge is 2.65. The van der Waals surface area contributed by atoms with Crippen molar-refractivity contribution in [2.75, 3.05) is 5.75 Å². The van der Waals surface area contributed by atoms with Crippen LogP contribution in [0.3, 0.4) is 0 Å². The average molecular weight is 426 g/mol. The SMILES string of the molecule is CC1(C)C2CCC1(CS(=O)(=O)NC1CCC(Oc3ncc(F)cn3)CC1)C(=O)C2. The minimum absolute atomic E-state index is 0.109. The summed E-state index contributed by atoms with van der Waals surface area (Å²) in [7, 11) is -3.57. The first-order valence-electron chi connectivity index (χ1n) is 10.3. The zero-order valence-corrected chi connectivity index (χ0v) is 17.7. The van der Waals surface area contributed by atoms with Crippen LogP contribution < -0.4 is 9.46 Å². The summed E-state index contributed by atoms with van der Waals surface area (Å²) in [4.78, 5) is 20.2. The summed E-state index contributed by atoms with van der Waals surface area (Å²) < 4.78 is 47.2. The Labute approximate surface area is 170 Å². The molecule has 0 aromatic carbocycles. The Balaban J connectivity index is 1.33. The minimum atomic E-state index is -3.57. The van der Waals surface area contributed by atoms with Gasteiger partial charge in [-0.3, -0.25) is 4.79 Å². The van der Waals surface area contributed by atoms with E-state index >= 15 is 0 Å². The summed E-state index contributed by atoms with van der Waals surface area (Å²) in [6.07, 6.45) is 6.70. The minimum Gasteiger partial charge on any atom is -0.460 e. The molecular weight excluding hydrogens is 397 g/mol. The van der Waals surface area contributed by atoms with E-state index in [-0.39, 0.29) is 35.1 Å². The number of hydrogen-bond donors (Lipinski definition) is 1. The number of nitrogens with one attached hydrogen (secondary N) is 1. The van der Waals surface area contributed by atoms with Gasteiger partial charge in [-0.15, -0.1) is 0 Å². The van der Waals surface area contributed by atoms with Crippen molar-refractivity contribution >= 4 is 15.8 Å². The van der Waals surface area contributed by atoms with E-state index in [4.69, 9.17) is 4.74 Å². The number of aromatic nitrogens is 2. The summed E-state index contributed by atoms with van der Waals surface area (Å²) in [5.74, 6) is -0.221. The first-order valence-corrected chi connectivity index (χ1v) is 11.9. The zero-order chi connectivity index (χ0) is 20.9. The van der Waals surface area contributed by atoms with E-state index in [1.807, 2.05) is 13.8 Å². The fraction of sp³-hybridized carbons (Fsp3) is 0.750. The zero-order valence-electron chi connectivity index (χ0n) is 16.9. The molecule has 3 aliphatic carbocycles. The van der Waals surface area contributed by atoms with E-state index in [2.05, 4.69) is 14.7 Å². The summed E-state index contributed by atoms with van der Waals surface area (Å²) in [6, 6.07) is -0.0329. The van der Waals surface area contributed by atoms with Crippen LogP contribution in [0.15, 0.2) is 12.4 Å². The lowest BCUT2D eigenvalue weighted by molar-refractivity contribution is -0.128. The topological polar surface area (TPSA) is 98.2 Å². The molecule has 1 aromatic heterocycles. The third kappa shape index (κ3) is 3.79. The highest BCUT2D eigenvalue weighted by Crippen LogP contribution is 2.64. The van der Waals surface area contributed by atoms with Crippen molar-refractivity contribution in [1.82, 2.24) is 14.7 Å². The van der Waals surface area contributed by atoms with Gasteiger partial charge in [0.2, 0.25) is 10.0 Å². The first-order chi connectivity index (χ1) is 13.6. The Morgan fingerprint density at radius 2 is 1.83 bits per heavy atom. The third-order valence-corrected chi connectivity index (χ3v) is 9.03. The molecule has 2 bridgehead atoms. The number of sulfonamides is 1. The predicted octanol–water partition coefficient (Wildman–Crippen LogP) is 2.62. The van der Waals surface area contributed by atoms with Crippen molar-refractivity contribution < 1.29 is 22.3 Å². The largest absolute Gasteiger partial charge is 0.460 e. The van der Waals surface area contributed by atoms with Crippen LogP contribution in [0.5, 0.6) is 6.01 Å². The molecule has 3 aliphatic rings. The van der Waals surface area contributed by atoms with Crippen LogP contribution in [0.1, 0.15) is 58.8 Å². The number of carbonyl (C=O) groups is 1. The standard InChI is InChI=1S/C20H28FN3O4S/c1-19(2)13-7-8-20(19,17(25)9-13)12-29(26,27)24-15-3-5-16(6-4-15)28-18-22-10-14(21)11-23-18/h10-11,13,15-16,24H,3-9,12H2,1-2H3. The number of Topliss-reactive ketones (excluding diaryl/α,β-unsaturated/α-hetero) is 1. The second-order valence-corrected chi connectivity index (χ2v) is 11.1. The van der Waals surface area contributed by atoms with E-state index < -0.39 is 21.3 Å². The molecule has 9 heteroatoms. The molecule has 4 rings (SSSR count). The lowest BCUT2D eigenvalue weighted by Crippen LogP contribution is -2.48. The van der Waals surface area contributed by atoms with Crippen molar-refractivity contribution in [1.29, 1.82) is 0 Å². The molecular formula is C20H28FN3O4S. The molecule has 3 saturated carbocycles. The number of ether oxygens (including phenoxy) is 1. The number of ketones is 1. The van der Waals surface area contributed by atoms with Crippen LogP contribution in [0.4, 0.5) is 4.39 Å². The van der Waals surface area contributed by atoms with Gasteiger partial charge in [0.25, 0.3) is 0 Å². The number of halogens is 1. The van der Waals surface area contributed by atoms with Gasteiger partial charge >= 0.3 is 6.01 Å². The van der Waals surface area contributed by atoms with E-state index in [1.54, 1.807) is 0 Å². The van der Waals surface area contributed by atoms with E-state index in [1.165, 1.54) is 0 Å². The Bertz CT molecular complexity index is 881. The molecule has 2 atom stereocenters. The van der Waals surface area contributed by atoms with Crippen molar-refractivity contribution in [2.45, 2.75) is 70.9 Å². The summed E-state index contributed by atoms with van der Waals surface area (Å²) in [5, 5.41) is 0. The molecule has 1 heterocycles. The molecule has 0 amide bonds. The molecule has 3 fully saturated rings. The van der Waals surface area contributed by atoms with Gasteiger partial charge in [-0.05, 0) is 49.9 Å². The third-order valence-electron chi connectivity index (χ3n) is 7.46. The Morgan fingerprint density at radius 3 is 2.38 bits per heavy atom. The smallest absolute Gasteiger partial charge is 0.316 e. The van der Waals surface area contributed by atoms with Crippen molar-refractivity contribution in [3.05, 3.63) is 18.2 Å². The van der Waals surface area contributed by atoms with Crippen molar-refractivity contribution in [2.24, 2.45) is 16.7 Å².